The molecule has 22 heavy (non-hydrogen) atoms. The molecule has 108 valence electrons. The first-order valence-corrected chi connectivity index (χ1v) is 8.26. The maximum atomic E-state index is 2.29. The van der Waals surface area contributed by atoms with Crippen LogP contribution >= 0.6 is 11.3 Å². The molecule has 0 radical (unpaired) electrons. The van der Waals surface area contributed by atoms with Crippen molar-refractivity contribution in [1.82, 2.24) is 0 Å². The summed E-state index contributed by atoms with van der Waals surface area (Å²) in [6.07, 6.45) is 0. The summed E-state index contributed by atoms with van der Waals surface area (Å²) in [6, 6.07) is 24.0. The molecular weight excluding hydrogens is 286 g/mol. The maximum Gasteiger partial charge on any atom is 0.0422 e. The molecular formula is C20H17NS. The van der Waals surface area contributed by atoms with Gasteiger partial charge < -0.3 is 4.90 Å². The first-order valence-electron chi connectivity index (χ1n) is 7.44. The fourth-order valence-corrected chi connectivity index (χ4v) is 3.98. The van der Waals surface area contributed by atoms with Gasteiger partial charge in [-0.25, -0.2) is 0 Å². The van der Waals surface area contributed by atoms with Crippen LogP contribution in [0.2, 0.25) is 0 Å². The lowest BCUT2D eigenvalue weighted by Crippen LogP contribution is -2.08. The Balaban J connectivity index is 1.81. The maximum absolute atomic E-state index is 2.29. The standard InChI is InChI=1S/C20H17NS/c1-14-7-9-15(10-8-14)21(2)16-11-12-18-17-5-3-4-6-19(17)22-20(18)13-16/h3-13H,1-2H3. The van der Waals surface area contributed by atoms with Gasteiger partial charge in [-0.3, -0.25) is 0 Å². The molecule has 2 heteroatoms. The molecule has 3 aromatic carbocycles. The van der Waals surface area contributed by atoms with Gasteiger partial charge in [0.05, 0.1) is 0 Å². The van der Waals surface area contributed by atoms with Gasteiger partial charge in [0.2, 0.25) is 0 Å². The predicted octanol–water partition coefficient (Wildman–Crippen LogP) is 6.13. The van der Waals surface area contributed by atoms with Crippen molar-refractivity contribution in [3.63, 3.8) is 0 Å². The number of thiophene rings is 1. The summed E-state index contributed by atoms with van der Waals surface area (Å²) in [7, 11) is 2.12. The fourth-order valence-electron chi connectivity index (χ4n) is 2.84. The Morgan fingerprint density at radius 3 is 2.23 bits per heavy atom. The number of rotatable bonds is 2. The average Bonchev–Trinajstić information content (AvgIpc) is 2.92. The Morgan fingerprint density at radius 2 is 1.41 bits per heavy atom. The Morgan fingerprint density at radius 1 is 0.727 bits per heavy atom. The minimum Gasteiger partial charge on any atom is -0.345 e. The summed E-state index contributed by atoms with van der Waals surface area (Å²) < 4.78 is 2.70. The molecule has 0 aliphatic carbocycles. The topological polar surface area (TPSA) is 3.24 Å². The number of benzene rings is 3. The van der Waals surface area contributed by atoms with Crippen LogP contribution in [-0.2, 0) is 0 Å². The van der Waals surface area contributed by atoms with E-state index < -0.39 is 0 Å². The van der Waals surface area contributed by atoms with Gasteiger partial charge in [-0.05, 0) is 37.3 Å². The van der Waals surface area contributed by atoms with E-state index in [1.54, 1.807) is 0 Å². The second kappa shape index (κ2) is 5.15. The van der Waals surface area contributed by atoms with Gasteiger partial charge in [-0.1, -0.05) is 42.0 Å². The molecule has 0 saturated carbocycles. The minimum absolute atomic E-state index is 1.21. The highest BCUT2D eigenvalue weighted by atomic mass is 32.1. The third-order valence-corrected chi connectivity index (χ3v) is 5.30. The number of nitrogens with zero attached hydrogens (tertiary/aromatic N) is 1. The van der Waals surface area contributed by atoms with Crippen molar-refractivity contribution in [2.45, 2.75) is 6.92 Å². The summed E-state index contributed by atoms with van der Waals surface area (Å²) in [5.74, 6) is 0. The molecule has 4 aromatic rings. The van der Waals surface area contributed by atoms with Gasteiger partial charge in [0.15, 0.2) is 0 Å². The monoisotopic (exact) mass is 303 g/mol. The summed E-state index contributed by atoms with van der Waals surface area (Å²) in [5, 5.41) is 2.70. The highest BCUT2D eigenvalue weighted by molar-refractivity contribution is 7.25. The minimum atomic E-state index is 1.21. The molecule has 0 fully saturated rings. The second-order valence-corrected chi connectivity index (χ2v) is 6.76. The Labute approximate surface area is 134 Å². The number of aryl methyl sites for hydroxylation is 1. The Kier molecular flexibility index (Phi) is 3.12. The fraction of sp³-hybridized carbons (Fsp3) is 0.100. The van der Waals surface area contributed by atoms with Crippen LogP contribution in [0.3, 0.4) is 0 Å². The van der Waals surface area contributed by atoms with E-state index in [1.807, 2.05) is 11.3 Å². The smallest absolute Gasteiger partial charge is 0.0422 e. The zero-order chi connectivity index (χ0) is 15.1. The van der Waals surface area contributed by atoms with E-state index in [0.717, 1.165) is 0 Å². The summed E-state index contributed by atoms with van der Waals surface area (Å²) in [4.78, 5) is 2.24. The quantitative estimate of drug-likeness (QED) is 0.430. The Bertz CT molecular complexity index is 950. The van der Waals surface area contributed by atoms with Crippen LogP contribution in [0.4, 0.5) is 11.4 Å². The van der Waals surface area contributed by atoms with E-state index in [9.17, 15) is 0 Å². The number of fused-ring (bicyclic) bond motifs is 3. The Hall–Kier alpha value is -2.32. The molecule has 1 aromatic heterocycles. The van der Waals surface area contributed by atoms with Crippen molar-refractivity contribution in [1.29, 1.82) is 0 Å². The lowest BCUT2D eigenvalue weighted by Gasteiger charge is -2.19. The van der Waals surface area contributed by atoms with Crippen LogP contribution < -0.4 is 4.90 Å². The van der Waals surface area contributed by atoms with Crippen molar-refractivity contribution in [3.05, 3.63) is 72.3 Å². The second-order valence-electron chi connectivity index (χ2n) is 5.67. The van der Waals surface area contributed by atoms with E-state index in [2.05, 4.69) is 85.6 Å². The summed E-state index contributed by atoms with van der Waals surface area (Å²) in [5.41, 5.74) is 3.73. The molecule has 0 amide bonds. The molecule has 0 spiro atoms. The summed E-state index contributed by atoms with van der Waals surface area (Å²) in [6.45, 7) is 2.12. The molecule has 0 N–H and O–H groups in total. The lowest BCUT2D eigenvalue weighted by atomic mass is 10.1. The van der Waals surface area contributed by atoms with E-state index in [1.165, 1.54) is 37.1 Å². The van der Waals surface area contributed by atoms with Crippen molar-refractivity contribution in [3.8, 4) is 0 Å². The molecule has 0 unspecified atom stereocenters. The first-order chi connectivity index (χ1) is 10.7. The van der Waals surface area contributed by atoms with Crippen LogP contribution in [0.1, 0.15) is 5.56 Å². The van der Waals surface area contributed by atoms with E-state index >= 15 is 0 Å². The van der Waals surface area contributed by atoms with Crippen LogP contribution in [-0.4, -0.2) is 7.05 Å². The SMILES string of the molecule is Cc1ccc(N(C)c2ccc3c(c2)sc2ccccc23)cc1. The van der Waals surface area contributed by atoms with Crippen LogP contribution in [0.15, 0.2) is 66.7 Å². The molecule has 0 aliphatic rings. The number of hydrogen-bond donors (Lipinski definition) is 0. The van der Waals surface area contributed by atoms with Gasteiger partial charge in [-0.15, -0.1) is 11.3 Å². The first kappa shape index (κ1) is 13.4. The predicted molar refractivity (Wildman–Crippen MR) is 98.6 cm³/mol. The van der Waals surface area contributed by atoms with Crippen molar-refractivity contribution >= 4 is 42.9 Å². The lowest BCUT2D eigenvalue weighted by molar-refractivity contribution is 1.21. The molecule has 0 aliphatic heterocycles. The summed E-state index contributed by atoms with van der Waals surface area (Å²) >= 11 is 1.86. The van der Waals surface area contributed by atoms with Crippen molar-refractivity contribution < 1.29 is 0 Å². The van der Waals surface area contributed by atoms with Crippen LogP contribution in [0, 0.1) is 6.92 Å². The number of anilines is 2. The van der Waals surface area contributed by atoms with Crippen molar-refractivity contribution in [2.75, 3.05) is 11.9 Å². The molecule has 1 heterocycles. The van der Waals surface area contributed by atoms with E-state index in [0.29, 0.717) is 0 Å². The molecule has 4 rings (SSSR count). The molecule has 1 nitrogen and oxygen atoms in total. The van der Waals surface area contributed by atoms with Crippen LogP contribution in [0.5, 0.6) is 0 Å². The number of hydrogen-bond acceptors (Lipinski definition) is 2. The molecule has 0 saturated heterocycles. The molecule has 0 bridgehead atoms. The highest BCUT2D eigenvalue weighted by Crippen LogP contribution is 2.36. The average molecular weight is 303 g/mol. The van der Waals surface area contributed by atoms with E-state index in [4.69, 9.17) is 0 Å². The highest BCUT2D eigenvalue weighted by Gasteiger charge is 2.08. The molecule has 0 atom stereocenters. The normalized spacial score (nSPS) is 11.2. The van der Waals surface area contributed by atoms with Gasteiger partial charge in [0, 0.05) is 38.6 Å². The third kappa shape index (κ3) is 2.16. The zero-order valence-electron chi connectivity index (χ0n) is 12.7. The van der Waals surface area contributed by atoms with Gasteiger partial charge in [0.1, 0.15) is 0 Å². The van der Waals surface area contributed by atoms with Crippen molar-refractivity contribution in [2.24, 2.45) is 0 Å². The van der Waals surface area contributed by atoms with Gasteiger partial charge in [-0.2, -0.15) is 0 Å². The van der Waals surface area contributed by atoms with Gasteiger partial charge >= 0.3 is 0 Å². The van der Waals surface area contributed by atoms with Gasteiger partial charge in [0.25, 0.3) is 0 Å². The third-order valence-electron chi connectivity index (χ3n) is 4.17. The largest absolute Gasteiger partial charge is 0.345 e. The van der Waals surface area contributed by atoms with E-state index in [-0.39, 0.29) is 0 Å². The van der Waals surface area contributed by atoms with Crippen LogP contribution in [0.25, 0.3) is 20.2 Å². The zero-order valence-corrected chi connectivity index (χ0v) is 13.5.